The smallest absolute Gasteiger partial charge is 0.203 e. The monoisotopic (exact) mass is 274 g/mol. The minimum atomic E-state index is -3.51. The number of methoxy groups -OCH3 is 1. The lowest BCUT2D eigenvalue weighted by atomic mass is 10.2. The van der Waals surface area contributed by atoms with Crippen LogP contribution in [-0.2, 0) is 9.84 Å². The standard InChI is InChI=1S/C15H14O3S/c1-18-14-9-5-6-10-15(14)19(16,17)12-11-13-7-3-2-4-8-13/h2-12H,1H3/b12-11+. The molecular formula is C15H14O3S. The zero-order chi connectivity index (χ0) is 13.7. The molecule has 19 heavy (non-hydrogen) atoms. The first-order chi connectivity index (χ1) is 9.13. The van der Waals surface area contributed by atoms with E-state index in [-0.39, 0.29) is 4.90 Å². The summed E-state index contributed by atoms with van der Waals surface area (Å²) in [6.07, 6.45) is 1.57. The summed E-state index contributed by atoms with van der Waals surface area (Å²) >= 11 is 0. The predicted molar refractivity (Wildman–Crippen MR) is 75.7 cm³/mol. The van der Waals surface area contributed by atoms with Gasteiger partial charge in [0, 0.05) is 5.41 Å². The highest BCUT2D eigenvalue weighted by Gasteiger charge is 2.15. The normalized spacial score (nSPS) is 11.6. The zero-order valence-corrected chi connectivity index (χ0v) is 11.3. The van der Waals surface area contributed by atoms with Gasteiger partial charge < -0.3 is 4.74 Å². The second kappa shape index (κ2) is 5.71. The molecular weight excluding hydrogens is 260 g/mol. The predicted octanol–water partition coefficient (Wildman–Crippen LogP) is 3.14. The van der Waals surface area contributed by atoms with Gasteiger partial charge in [-0.25, -0.2) is 8.42 Å². The summed E-state index contributed by atoms with van der Waals surface area (Å²) in [4.78, 5) is 0.171. The summed E-state index contributed by atoms with van der Waals surface area (Å²) in [6.45, 7) is 0. The maximum Gasteiger partial charge on any atom is 0.203 e. The first-order valence-corrected chi connectivity index (χ1v) is 7.29. The maximum atomic E-state index is 12.2. The zero-order valence-electron chi connectivity index (χ0n) is 10.5. The molecule has 0 aliphatic rings. The Balaban J connectivity index is 2.36. The van der Waals surface area contributed by atoms with Gasteiger partial charge in [-0.3, -0.25) is 0 Å². The largest absolute Gasteiger partial charge is 0.495 e. The summed E-state index contributed by atoms with van der Waals surface area (Å²) in [5.41, 5.74) is 0.834. The molecule has 98 valence electrons. The second-order valence-electron chi connectivity index (χ2n) is 3.91. The van der Waals surface area contributed by atoms with Crippen molar-refractivity contribution in [3.05, 3.63) is 65.6 Å². The van der Waals surface area contributed by atoms with Crippen LogP contribution in [0.25, 0.3) is 6.08 Å². The van der Waals surface area contributed by atoms with E-state index in [9.17, 15) is 8.42 Å². The van der Waals surface area contributed by atoms with Gasteiger partial charge in [0.05, 0.1) is 7.11 Å². The van der Waals surface area contributed by atoms with Crippen molar-refractivity contribution >= 4 is 15.9 Å². The molecule has 0 aromatic heterocycles. The first-order valence-electron chi connectivity index (χ1n) is 5.75. The number of para-hydroxylation sites is 1. The van der Waals surface area contributed by atoms with Crippen LogP contribution in [0.5, 0.6) is 5.75 Å². The molecule has 0 saturated heterocycles. The van der Waals surface area contributed by atoms with E-state index in [1.54, 1.807) is 24.3 Å². The van der Waals surface area contributed by atoms with Gasteiger partial charge in [-0.1, -0.05) is 42.5 Å². The van der Waals surface area contributed by atoms with Crippen molar-refractivity contribution in [1.82, 2.24) is 0 Å². The van der Waals surface area contributed by atoms with Crippen molar-refractivity contribution in [3.8, 4) is 5.75 Å². The van der Waals surface area contributed by atoms with Crippen LogP contribution in [0.3, 0.4) is 0 Å². The Hall–Kier alpha value is -2.07. The Morgan fingerprint density at radius 3 is 2.26 bits per heavy atom. The lowest BCUT2D eigenvalue weighted by molar-refractivity contribution is 0.403. The molecule has 0 bridgehead atoms. The molecule has 0 amide bonds. The highest BCUT2D eigenvalue weighted by Crippen LogP contribution is 2.25. The number of benzene rings is 2. The first kappa shape index (κ1) is 13.4. The van der Waals surface area contributed by atoms with Crippen LogP contribution in [0.2, 0.25) is 0 Å². The molecule has 4 heteroatoms. The van der Waals surface area contributed by atoms with Crippen molar-refractivity contribution in [1.29, 1.82) is 0 Å². The average Bonchev–Trinajstić information content (AvgIpc) is 2.46. The third kappa shape index (κ3) is 3.23. The van der Waals surface area contributed by atoms with Crippen LogP contribution in [0.1, 0.15) is 5.56 Å². The lowest BCUT2D eigenvalue weighted by Crippen LogP contribution is -1.99. The van der Waals surface area contributed by atoms with E-state index in [1.807, 2.05) is 30.3 Å². The molecule has 0 aliphatic carbocycles. The van der Waals surface area contributed by atoms with E-state index in [2.05, 4.69) is 0 Å². The van der Waals surface area contributed by atoms with Crippen molar-refractivity contribution < 1.29 is 13.2 Å². The van der Waals surface area contributed by atoms with Crippen LogP contribution < -0.4 is 4.74 Å². The Morgan fingerprint density at radius 1 is 0.947 bits per heavy atom. The molecule has 0 radical (unpaired) electrons. The Kier molecular flexibility index (Phi) is 4.02. The highest BCUT2D eigenvalue weighted by atomic mass is 32.2. The lowest BCUT2D eigenvalue weighted by Gasteiger charge is -2.05. The third-order valence-corrected chi connectivity index (χ3v) is 4.06. The van der Waals surface area contributed by atoms with E-state index in [0.717, 1.165) is 5.56 Å². The highest BCUT2D eigenvalue weighted by molar-refractivity contribution is 7.94. The number of hydrogen-bond donors (Lipinski definition) is 0. The van der Waals surface area contributed by atoms with Gasteiger partial charge in [0.25, 0.3) is 0 Å². The molecule has 0 heterocycles. The quantitative estimate of drug-likeness (QED) is 0.860. The van der Waals surface area contributed by atoms with Gasteiger partial charge in [0.2, 0.25) is 9.84 Å². The van der Waals surface area contributed by atoms with Gasteiger partial charge in [0.1, 0.15) is 10.6 Å². The molecule has 0 spiro atoms. The molecule has 0 N–H and O–H groups in total. The molecule has 2 rings (SSSR count). The molecule has 2 aromatic carbocycles. The van der Waals surface area contributed by atoms with E-state index in [1.165, 1.54) is 18.6 Å². The van der Waals surface area contributed by atoms with Gasteiger partial charge in [-0.2, -0.15) is 0 Å². The second-order valence-corrected chi connectivity index (χ2v) is 5.71. The summed E-state index contributed by atoms with van der Waals surface area (Å²) < 4.78 is 29.5. The van der Waals surface area contributed by atoms with E-state index >= 15 is 0 Å². The molecule has 0 fully saturated rings. The number of sulfone groups is 1. The number of hydrogen-bond acceptors (Lipinski definition) is 3. The summed E-state index contributed by atoms with van der Waals surface area (Å²) in [5, 5.41) is 1.19. The van der Waals surface area contributed by atoms with Gasteiger partial charge in [-0.15, -0.1) is 0 Å². The van der Waals surface area contributed by atoms with Gasteiger partial charge in [0.15, 0.2) is 0 Å². The van der Waals surface area contributed by atoms with Crippen LogP contribution in [0.4, 0.5) is 0 Å². The Bertz CT molecular complexity index is 674. The minimum Gasteiger partial charge on any atom is -0.495 e. The fourth-order valence-corrected chi connectivity index (χ4v) is 2.84. The van der Waals surface area contributed by atoms with E-state index in [0.29, 0.717) is 5.75 Å². The molecule has 3 nitrogen and oxygen atoms in total. The SMILES string of the molecule is COc1ccccc1S(=O)(=O)/C=C/c1ccccc1. The molecule has 2 aromatic rings. The third-order valence-electron chi connectivity index (χ3n) is 2.61. The summed E-state index contributed by atoms with van der Waals surface area (Å²) in [5.74, 6) is 0.347. The van der Waals surface area contributed by atoms with Crippen LogP contribution >= 0.6 is 0 Å². The number of ether oxygens (including phenoxy) is 1. The van der Waals surface area contributed by atoms with Crippen molar-refractivity contribution in [2.24, 2.45) is 0 Å². The van der Waals surface area contributed by atoms with E-state index < -0.39 is 9.84 Å². The molecule has 0 aliphatic heterocycles. The fourth-order valence-electron chi connectivity index (χ4n) is 1.66. The Morgan fingerprint density at radius 2 is 1.58 bits per heavy atom. The van der Waals surface area contributed by atoms with Gasteiger partial charge >= 0.3 is 0 Å². The maximum absolute atomic E-state index is 12.2. The van der Waals surface area contributed by atoms with Crippen LogP contribution in [0, 0.1) is 0 Å². The molecule has 0 atom stereocenters. The van der Waals surface area contributed by atoms with Crippen molar-refractivity contribution in [2.75, 3.05) is 7.11 Å². The molecule has 0 saturated carbocycles. The average molecular weight is 274 g/mol. The Labute approximate surface area is 113 Å². The van der Waals surface area contributed by atoms with E-state index in [4.69, 9.17) is 4.74 Å². The number of rotatable bonds is 4. The van der Waals surface area contributed by atoms with Crippen molar-refractivity contribution in [2.45, 2.75) is 4.90 Å². The van der Waals surface area contributed by atoms with Crippen LogP contribution in [-0.4, -0.2) is 15.5 Å². The minimum absolute atomic E-state index is 0.171. The summed E-state index contributed by atoms with van der Waals surface area (Å²) in [7, 11) is -2.05. The molecule has 0 unspecified atom stereocenters. The summed E-state index contributed by atoms with van der Waals surface area (Å²) in [6, 6.07) is 15.8. The van der Waals surface area contributed by atoms with Gasteiger partial charge in [-0.05, 0) is 23.8 Å². The topological polar surface area (TPSA) is 43.4 Å². The fraction of sp³-hybridized carbons (Fsp3) is 0.0667. The van der Waals surface area contributed by atoms with Crippen LogP contribution in [0.15, 0.2) is 64.9 Å². The van der Waals surface area contributed by atoms with Crippen molar-refractivity contribution in [3.63, 3.8) is 0 Å².